The molecule has 0 aliphatic heterocycles. The van der Waals surface area contributed by atoms with Crippen LogP contribution < -0.4 is 15.2 Å². The molecule has 2 amide bonds. The lowest BCUT2D eigenvalue weighted by molar-refractivity contribution is -0.683. The summed E-state index contributed by atoms with van der Waals surface area (Å²) >= 11 is 1.44. The zero-order valence-electron chi connectivity index (χ0n) is 17.3. The van der Waals surface area contributed by atoms with Gasteiger partial charge in [0.1, 0.15) is 0 Å². The topological polar surface area (TPSA) is 77.9 Å². The summed E-state index contributed by atoms with van der Waals surface area (Å²) in [5.74, 6) is -0.0397. The predicted molar refractivity (Wildman–Crippen MR) is 124 cm³/mol. The van der Waals surface area contributed by atoms with Gasteiger partial charge in [0.25, 0.3) is 5.91 Å². The van der Waals surface area contributed by atoms with E-state index < -0.39 is 0 Å². The molecule has 4 aromatic rings. The van der Waals surface area contributed by atoms with Crippen LogP contribution in [0.3, 0.4) is 0 Å². The normalized spacial score (nSPS) is 10.8. The van der Waals surface area contributed by atoms with Gasteiger partial charge in [0, 0.05) is 16.9 Å². The lowest BCUT2D eigenvalue weighted by Crippen LogP contribution is -2.29. The number of aromatic nitrogens is 2. The number of fused-ring (bicyclic) bond motifs is 1. The third kappa shape index (κ3) is 4.78. The van der Waals surface area contributed by atoms with Gasteiger partial charge in [-0.25, -0.2) is 9.55 Å². The van der Waals surface area contributed by atoms with Gasteiger partial charge in [-0.05, 0) is 60.6 Å². The Balaban J connectivity index is 1.40. The number of para-hydroxylation sites is 2. The smallest absolute Gasteiger partial charge is 0.317 e. The summed E-state index contributed by atoms with van der Waals surface area (Å²) in [7, 11) is 1.97. The number of thioether (sulfide) groups is 1. The molecule has 156 valence electrons. The molecule has 0 fully saturated rings. The molecule has 31 heavy (non-hydrogen) atoms. The van der Waals surface area contributed by atoms with E-state index in [2.05, 4.69) is 15.6 Å². The molecular formula is C24H23N4O2S+. The first-order valence-corrected chi connectivity index (χ1v) is 10.9. The number of imidazole rings is 1. The zero-order valence-corrected chi connectivity index (χ0v) is 18.1. The minimum atomic E-state index is -0.186. The fourth-order valence-electron chi connectivity index (χ4n) is 3.26. The quantitative estimate of drug-likeness (QED) is 0.315. The summed E-state index contributed by atoms with van der Waals surface area (Å²) in [6.07, 6.45) is 0. The number of hydrogen-bond donors (Lipinski definition) is 3. The lowest BCUT2D eigenvalue weighted by atomic mass is 10.1. The molecule has 6 nitrogen and oxygen atoms in total. The van der Waals surface area contributed by atoms with Crippen molar-refractivity contribution in [2.24, 2.45) is 7.05 Å². The van der Waals surface area contributed by atoms with Crippen molar-refractivity contribution in [2.45, 2.75) is 12.1 Å². The molecule has 0 aliphatic rings. The average Bonchev–Trinajstić information content (AvgIpc) is 3.11. The van der Waals surface area contributed by atoms with E-state index in [4.69, 9.17) is 0 Å². The van der Waals surface area contributed by atoms with E-state index >= 15 is 0 Å². The van der Waals surface area contributed by atoms with Crippen molar-refractivity contribution in [2.75, 3.05) is 16.4 Å². The molecule has 1 aromatic heterocycles. The van der Waals surface area contributed by atoms with Crippen LogP contribution in [0.25, 0.3) is 11.0 Å². The molecule has 7 heteroatoms. The summed E-state index contributed by atoms with van der Waals surface area (Å²) in [6.45, 7) is 1.91. The minimum absolute atomic E-state index is 0.118. The van der Waals surface area contributed by atoms with Gasteiger partial charge in [-0.3, -0.25) is 9.59 Å². The van der Waals surface area contributed by atoms with Gasteiger partial charge in [0.05, 0.1) is 12.8 Å². The Labute approximate surface area is 184 Å². The molecule has 0 spiro atoms. The second kappa shape index (κ2) is 9.06. The van der Waals surface area contributed by atoms with E-state index in [0.717, 1.165) is 21.8 Å². The van der Waals surface area contributed by atoms with Crippen molar-refractivity contribution < 1.29 is 14.2 Å². The third-order valence-electron chi connectivity index (χ3n) is 4.96. The lowest BCUT2D eigenvalue weighted by Gasteiger charge is -2.11. The molecule has 4 rings (SSSR count). The Morgan fingerprint density at radius 3 is 2.48 bits per heavy atom. The van der Waals surface area contributed by atoms with Crippen LogP contribution in [-0.4, -0.2) is 22.6 Å². The van der Waals surface area contributed by atoms with Crippen LogP contribution >= 0.6 is 11.8 Å². The second-order valence-electron chi connectivity index (χ2n) is 7.19. The molecule has 0 saturated carbocycles. The number of H-pyrrole nitrogens is 1. The maximum Gasteiger partial charge on any atom is 0.317 e. The van der Waals surface area contributed by atoms with E-state index in [-0.39, 0.29) is 17.6 Å². The molecule has 0 atom stereocenters. The largest absolute Gasteiger partial charge is 0.325 e. The number of benzene rings is 3. The van der Waals surface area contributed by atoms with E-state index in [1.54, 1.807) is 18.2 Å². The molecule has 0 saturated heterocycles. The predicted octanol–water partition coefficient (Wildman–Crippen LogP) is 4.28. The Morgan fingerprint density at radius 2 is 1.71 bits per heavy atom. The Kier molecular flexibility index (Phi) is 6.04. The molecular weight excluding hydrogens is 408 g/mol. The van der Waals surface area contributed by atoms with E-state index in [1.807, 2.05) is 73.1 Å². The highest BCUT2D eigenvalue weighted by atomic mass is 32.2. The molecule has 0 bridgehead atoms. The molecule has 0 unspecified atom stereocenters. The Morgan fingerprint density at radius 1 is 0.968 bits per heavy atom. The number of amides is 2. The van der Waals surface area contributed by atoms with Crippen molar-refractivity contribution in [3.8, 4) is 0 Å². The number of carbonyl (C=O) groups excluding carboxylic acids is 2. The first kappa shape index (κ1) is 20.7. The molecule has 1 heterocycles. The van der Waals surface area contributed by atoms with Gasteiger partial charge < -0.3 is 10.6 Å². The van der Waals surface area contributed by atoms with Crippen molar-refractivity contribution in [3.05, 3.63) is 83.9 Å². The maximum absolute atomic E-state index is 12.5. The number of aromatic amines is 1. The van der Waals surface area contributed by atoms with Crippen LogP contribution in [0.1, 0.15) is 15.9 Å². The van der Waals surface area contributed by atoms with Crippen molar-refractivity contribution >= 4 is 46.0 Å². The van der Waals surface area contributed by atoms with Crippen LogP contribution in [0.15, 0.2) is 78.0 Å². The van der Waals surface area contributed by atoms with Gasteiger partial charge in [-0.1, -0.05) is 36.4 Å². The molecule has 0 radical (unpaired) electrons. The fourth-order valence-corrected chi connectivity index (χ4v) is 4.08. The maximum atomic E-state index is 12.5. The van der Waals surface area contributed by atoms with Crippen LogP contribution in [0, 0.1) is 6.92 Å². The number of hydrogen-bond acceptors (Lipinski definition) is 3. The highest BCUT2D eigenvalue weighted by Gasteiger charge is 2.17. The zero-order chi connectivity index (χ0) is 21.8. The monoisotopic (exact) mass is 431 g/mol. The number of aryl methyl sites for hydroxylation is 2. The van der Waals surface area contributed by atoms with E-state index in [9.17, 15) is 9.59 Å². The van der Waals surface area contributed by atoms with Crippen LogP contribution in [0.2, 0.25) is 0 Å². The summed E-state index contributed by atoms with van der Waals surface area (Å²) in [5, 5.41) is 6.74. The summed E-state index contributed by atoms with van der Waals surface area (Å²) in [6, 6.07) is 22.5. The van der Waals surface area contributed by atoms with Gasteiger partial charge in [0.2, 0.25) is 5.91 Å². The SMILES string of the molecule is Cc1ccc(NC(=O)CSc2[nH]c3ccccc3[n+]2C)cc1NC(=O)c1ccccc1. The Bertz CT molecular complexity index is 1250. The molecule has 0 aliphatic carbocycles. The van der Waals surface area contributed by atoms with Gasteiger partial charge in [-0.2, -0.15) is 0 Å². The number of nitrogens with one attached hydrogen (secondary N) is 3. The van der Waals surface area contributed by atoms with E-state index in [0.29, 0.717) is 16.9 Å². The van der Waals surface area contributed by atoms with Gasteiger partial charge in [-0.15, -0.1) is 0 Å². The van der Waals surface area contributed by atoms with Crippen LogP contribution in [0.4, 0.5) is 11.4 Å². The fraction of sp³-hybridized carbons (Fsp3) is 0.125. The van der Waals surface area contributed by atoms with Gasteiger partial charge in [0.15, 0.2) is 11.0 Å². The number of rotatable bonds is 6. The number of anilines is 2. The average molecular weight is 432 g/mol. The summed E-state index contributed by atoms with van der Waals surface area (Å²) in [5.41, 5.74) is 4.93. The summed E-state index contributed by atoms with van der Waals surface area (Å²) < 4.78 is 2.04. The van der Waals surface area contributed by atoms with Crippen molar-refractivity contribution in [1.82, 2.24) is 4.98 Å². The Hall–Kier alpha value is -3.58. The number of carbonyl (C=O) groups is 2. The first-order chi connectivity index (χ1) is 15.0. The third-order valence-corrected chi connectivity index (χ3v) is 6.01. The first-order valence-electron chi connectivity index (χ1n) is 9.88. The number of nitrogens with zero attached hydrogens (tertiary/aromatic N) is 1. The standard InChI is InChI=1S/C24H22N4O2S/c1-16-12-13-18(14-20(16)26-23(30)17-8-4-3-5-9-17)25-22(29)15-31-24-27-19-10-6-7-11-21(19)28(24)2/h3-14H,15H2,1-2H3,(H2,25,26,29,30)/p+1. The summed E-state index contributed by atoms with van der Waals surface area (Å²) in [4.78, 5) is 28.3. The van der Waals surface area contributed by atoms with E-state index in [1.165, 1.54) is 11.8 Å². The minimum Gasteiger partial charge on any atom is -0.325 e. The van der Waals surface area contributed by atoms with Gasteiger partial charge >= 0.3 is 5.16 Å². The van der Waals surface area contributed by atoms with Crippen molar-refractivity contribution in [3.63, 3.8) is 0 Å². The highest BCUT2D eigenvalue weighted by molar-refractivity contribution is 7.99. The highest BCUT2D eigenvalue weighted by Crippen LogP contribution is 2.22. The second-order valence-corrected chi connectivity index (χ2v) is 8.16. The van der Waals surface area contributed by atoms with Crippen molar-refractivity contribution in [1.29, 1.82) is 0 Å². The van der Waals surface area contributed by atoms with Crippen LogP contribution in [-0.2, 0) is 11.8 Å². The molecule has 3 aromatic carbocycles. The van der Waals surface area contributed by atoms with Crippen LogP contribution in [0.5, 0.6) is 0 Å². The molecule has 3 N–H and O–H groups in total.